The molecular formula is C16H18N4O5S. The predicted molar refractivity (Wildman–Crippen MR) is 93.5 cm³/mol. The van der Waals surface area contributed by atoms with Crippen molar-refractivity contribution in [1.29, 1.82) is 0 Å². The number of carboxylic acid groups (broad SMARTS) is 1. The molecule has 1 aromatic rings. The molecule has 26 heavy (non-hydrogen) atoms. The summed E-state index contributed by atoms with van der Waals surface area (Å²) in [5.74, 6) is -1.90. The zero-order chi connectivity index (χ0) is 19.2. The van der Waals surface area contributed by atoms with Gasteiger partial charge >= 0.3 is 5.97 Å². The summed E-state index contributed by atoms with van der Waals surface area (Å²) >= 11 is 1.36. The molecule has 2 aliphatic heterocycles. The van der Waals surface area contributed by atoms with Crippen LogP contribution < -0.4 is 10.6 Å². The minimum absolute atomic E-state index is 0.238. The summed E-state index contributed by atoms with van der Waals surface area (Å²) in [7, 11) is 0. The number of amides is 3. The number of fused-ring (bicyclic) bond motifs is 1. The van der Waals surface area contributed by atoms with E-state index in [-0.39, 0.29) is 11.5 Å². The standard InChI is InChI=1S/C16H18N4O5S/c1-7(21)18-9-5-4-8(6-17-9)12(22)19-10-13(23)20-11(15(24)25)16(2,3)26-14(10)20/h4-6,10-11,14H,1-3H3,(H,19,22)(H,24,25)(H,17,18,21)/t10-,11-,14-/m1/s1. The van der Waals surface area contributed by atoms with Gasteiger partial charge in [-0.2, -0.15) is 0 Å². The number of rotatable bonds is 4. The molecule has 0 radical (unpaired) electrons. The Morgan fingerprint density at radius 3 is 2.54 bits per heavy atom. The average Bonchev–Trinajstić information content (AvgIpc) is 2.81. The molecule has 3 rings (SSSR count). The van der Waals surface area contributed by atoms with E-state index < -0.39 is 40.0 Å². The normalized spacial score (nSPS) is 25.9. The van der Waals surface area contributed by atoms with Gasteiger partial charge in [-0.05, 0) is 26.0 Å². The number of nitrogens with one attached hydrogen (secondary N) is 2. The molecule has 0 spiro atoms. The van der Waals surface area contributed by atoms with Gasteiger partial charge in [0.2, 0.25) is 11.8 Å². The van der Waals surface area contributed by atoms with Gasteiger partial charge in [0.05, 0.1) is 5.56 Å². The number of hydrogen-bond acceptors (Lipinski definition) is 6. The first-order valence-electron chi connectivity index (χ1n) is 7.89. The maximum absolute atomic E-state index is 12.4. The van der Waals surface area contributed by atoms with E-state index in [4.69, 9.17) is 0 Å². The van der Waals surface area contributed by atoms with E-state index >= 15 is 0 Å². The average molecular weight is 378 g/mol. The Morgan fingerprint density at radius 2 is 2.00 bits per heavy atom. The highest BCUT2D eigenvalue weighted by Crippen LogP contribution is 2.50. The van der Waals surface area contributed by atoms with Crippen LogP contribution in [0.25, 0.3) is 0 Å². The van der Waals surface area contributed by atoms with Crippen molar-refractivity contribution < 1.29 is 24.3 Å². The number of β-lactam (4-membered cyclic amide) rings is 1. The molecule has 3 atom stereocenters. The lowest BCUT2D eigenvalue weighted by Crippen LogP contribution is -2.70. The molecule has 0 aromatic carbocycles. The summed E-state index contributed by atoms with van der Waals surface area (Å²) in [6.07, 6.45) is 1.30. The van der Waals surface area contributed by atoms with Crippen LogP contribution in [0.3, 0.4) is 0 Å². The maximum Gasteiger partial charge on any atom is 0.327 e. The van der Waals surface area contributed by atoms with Crippen LogP contribution in [0.1, 0.15) is 31.1 Å². The second-order valence-corrected chi connectivity index (χ2v) is 8.43. The van der Waals surface area contributed by atoms with Crippen molar-refractivity contribution in [2.24, 2.45) is 0 Å². The van der Waals surface area contributed by atoms with Crippen molar-refractivity contribution in [3.05, 3.63) is 23.9 Å². The molecule has 138 valence electrons. The number of aromatic nitrogens is 1. The van der Waals surface area contributed by atoms with E-state index in [2.05, 4.69) is 15.6 Å². The molecular weight excluding hydrogens is 360 g/mol. The molecule has 3 heterocycles. The van der Waals surface area contributed by atoms with Crippen molar-refractivity contribution in [3.63, 3.8) is 0 Å². The van der Waals surface area contributed by atoms with Crippen LogP contribution >= 0.6 is 11.8 Å². The lowest BCUT2D eigenvalue weighted by molar-refractivity contribution is -0.159. The molecule has 1 aromatic heterocycles. The van der Waals surface area contributed by atoms with Crippen molar-refractivity contribution in [3.8, 4) is 0 Å². The van der Waals surface area contributed by atoms with Crippen LogP contribution in [0.2, 0.25) is 0 Å². The van der Waals surface area contributed by atoms with Crippen molar-refractivity contribution in [2.45, 2.75) is 43.0 Å². The van der Waals surface area contributed by atoms with Gasteiger partial charge < -0.3 is 20.6 Å². The molecule has 0 saturated carbocycles. The zero-order valence-electron chi connectivity index (χ0n) is 14.3. The van der Waals surface area contributed by atoms with Gasteiger partial charge in [-0.25, -0.2) is 9.78 Å². The van der Waals surface area contributed by atoms with Crippen LogP contribution in [0.5, 0.6) is 0 Å². The van der Waals surface area contributed by atoms with Gasteiger partial charge in [0.15, 0.2) is 0 Å². The van der Waals surface area contributed by atoms with E-state index in [0.717, 1.165) is 0 Å². The molecule has 9 nitrogen and oxygen atoms in total. The fourth-order valence-electron chi connectivity index (χ4n) is 3.15. The monoisotopic (exact) mass is 378 g/mol. The summed E-state index contributed by atoms with van der Waals surface area (Å²) < 4.78 is -0.646. The molecule has 0 bridgehead atoms. The van der Waals surface area contributed by atoms with Crippen molar-refractivity contribution >= 4 is 41.3 Å². The van der Waals surface area contributed by atoms with Crippen LogP contribution in [-0.2, 0) is 14.4 Å². The summed E-state index contributed by atoms with van der Waals surface area (Å²) in [6, 6.07) is 1.28. The Balaban J connectivity index is 1.69. The number of carbonyl (C=O) groups is 4. The third-order valence-electron chi connectivity index (χ3n) is 4.29. The quantitative estimate of drug-likeness (QED) is 0.642. The summed E-state index contributed by atoms with van der Waals surface area (Å²) in [6.45, 7) is 4.89. The lowest BCUT2D eigenvalue weighted by atomic mass is 9.96. The molecule has 2 saturated heterocycles. The number of aliphatic carboxylic acids is 1. The van der Waals surface area contributed by atoms with Gasteiger partial charge in [-0.15, -0.1) is 11.8 Å². The minimum Gasteiger partial charge on any atom is -0.480 e. The Hall–Kier alpha value is -2.62. The predicted octanol–water partition coefficient (Wildman–Crippen LogP) is 0.285. The van der Waals surface area contributed by atoms with E-state index in [0.29, 0.717) is 5.82 Å². The third-order valence-corrected chi connectivity index (χ3v) is 5.86. The number of carboxylic acids is 1. The smallest absolute Gasteiger partial charge is 0.327 e. The number of nitrogens with zero attached hydrogens (tertiary/aromatic N) is 2. The Kier molecular flexibility index (Phi) is 4.39. The topological polar surface area (TPSA) is 129 Å². The SMILES string of the molecule is CC(=O)Nc1ccc(C(=O)N[C@@H]2C(=O)N3[C@@H]2SC(C)(C)[C@H]3C(=O)O)cn1. The molecule has 3 amide bonds. The fraction of sp³-hybridized carbons (Fsp3) is 0.438. The largest absolute Gasteiger partial charge is 0.480 e. The van der Waals surface area contributed by atoms with Gasteiger partial charge in [-0.1, -0.05) is 0 Å². The lowest BCUT2D eigenvalue weighted by Gasteiger charge is -2.43. The van der Waals surface area contributed by atoms with Gasteiger partial charge in [0.1, 0.15) is 23.3 Å². The van der Waals surface area contributed by atoms with Crippen LogP contribution in [0.15, 0.2) is 18.3 Å². The number of carbonyl (C=O) groups excluding carboxylic acids is 3. The first-order chi connectivity index (χ1) is 12.1. The van der Waals surface area contributed by atoms with Crippen molar-refractivity contribution in [2.75, 3.05) is 5.32 Å². The van der Waals surface area contributed by atoms with Gasteiger partial charge in [-0.3, -0.25) is 14.4 Å². The second kappa shape index (κ2) is 6.27. The highest BCUT2D eigenvalue weighted by Gasteiger charge is 2.64. The van der Waals surface area contributed by atoms with E-state index in [1.165, 1.54) is 41.9 Å². The van der Waals surface area contributed by atoms with Crippen LogP contribution in [0, 0.1) is 0 Å². The van der Waals surface area contributed by atoms with E-state index in [1.807, 2.05) is 0 Å². The molecule has 2 aliphatic rings. The first-order valence-corrected chi connectivity index (χ1v) is 8.77. The molecule has 10 heteroatoms. The summed E-state index contributed by atoms with van der Waals surface area (Å²) in [4.78, 5) is 52.5. The molecule has 2 fully saturated rings. The van der Waals surface area contributed by atoms with E-state index in [1.54, 1.807) is 13.8 Å². The minimum atomic E-state index is -1.05. The number of anilines is 1. The Morgan fingerprint density at radius 1 is 1.31 bits per heavy atom. The van der Waals surface area contributed by atoms with Crippen molar-refractivity contribution in [1.82, 2.24) is 15.2 Å². The number of thioether (sulfide) groups is 1. The van der Waals surface area contributed by atoms with E-state index in [9.17, 15) is 24.3 Å². The Bertz CT molecular complexity index is 794. The van der Waals surface area contributed by atoms with Crippen LogP contribution in [-0.4, -0.2) is 60.9 Å². The fourth-order valence-corrected chi connectivity index (χ4v) is 4.78. The maximum atomic E-state index is 12.4. The van der Waals surface area contributed by atoms with Crippen LogP contribution in [0.4, 0.5) is 5.82 Å². The molecule has 3 N–H and O–H groups in total. The number of hydrogen-bond donors (Lipinski definition) is 3. The summed E-state index contributed by atoms with van der Waals surface area (Å²) in [5.41, 5.74) is 0.238. The first kappa shape index (κ1) is 18.2. The third kappa shape index (κ3) is 3.00. The molecule has 0 aliphatic carbocycles. The van der Waals surface area contributed by atoms with Gasteiger partial charge in [0, 0.05) is 17.9 Å². The zero-order valence-corrected chi connectivity index (χ0v) is 15.2. The highest BCUT2D eigenvalue weighted by molar-refractivity contribution is 8.01. The number of pyridine rings is 1. The highest BCUT2D eigenvalue weighted by atomic mass is 32.2. The molecule has 0 unspecified atom stereocenters. The Labute approximate surface area is 153 Å². The van der Waals surface area contributed by atoms with Gasteiger partial charge in [0.25, 0.3) is 5.91 Å². The summed E-state index contributed by atoms with van der Waals surface area (Å²) in [5, 5.41) is 14.1. The second-order valence-electron chi connectivity index (χ2n) is 6.66.